The van der Waals surface area contributed by atoms with Crippen molar-refractivity contribution < 1.29 is 23.9 Å². The summed E-state index contributed by atoms with van der Waals surface area (Å²) in [6.07, 6.45) is 1.21. The number of hydrogen-bond donors (Lipinski definition) is 1. The third-order valence-corrected chi connectivity index (χ3v) is 3.89. The lowest BCUT2D eigenvalue weighted by atomic mass is 10.1. The van der Waals surface area contributed by atoms with Crippen molar-refractivity contribution in [1.29, 1.82) is 0 Å². The van der Waals surface area contributed by atoms with E-state index in [1.807, 2.05) is 25.1 Å². The van der Waals surface area contributed by atoms with Crippen LogP contribution in [-0.2, 0) is 20.7 Å². The topological polar surface area (TPSA) is 81.7 Å². The van der Waals surface area contributed by atoms with Crippen molar-refractivity contribution in [1.82, 2.24) is 0 Å². The van der Waals surface area contributed by atoms with Crippen LogP contribution in [-0.4, -0.2) is 30.9 Å². The summed E-state index contributed by atoms with van der Waals surface area (Å²) in [6.45, 7) is 3.08. The molecule has 142 valence electrons. The molecule has 0 saturated carbocycles. The first-order chi connectivity index (χ1) is 13.0. The maximum Gasteiger partial charge on any atom is 0.344 e. The van der Waals surface area contributed by atoms with Crippen molar-refractivity contribution in [3.8, 4) is 5.75 Å². The summed E-state index contributed by atoms with van der Waals surface area (Å²) in [4.78, 5) is 35.2. The minimum Gasteiger partial charge on any atom is -0.482 e. The van der Waals surface area contributed by atoms with Gasteiger partial charge in [0.25, 0.3) is 5.91 Å². The largest absolute Gasteiger partial charge is 0.482 e. The molecule has 0 aliphatic carbocycles. The van der Waals surface area contributed by atoms with Crippen LogP contribution >= 0.6 is 0 Å². The number of ether oxygens (including phenoxy) is 2. The van der Waals surface area contributed by atoms with Crippen molar-refractivity contribution in [3.05, 3.63) is 59.7 Å². The van der Waals surface area contributed by atoms with Crippen molar-refractivity contribution in [2.75, 3.05) is 18.5 Å². The summed E-state index contributed by atoms with van der Waals surface area (Å²) in [6, 6.07) is 14.0. The Labute approximate surface area is 158 Å². The highest BCUT2D eigenvalue weighted by atomic mass is 16.6. The van der Waals surface area contributed by atoms with Crippen molar-refractivity contribution in [2.24, 2.45) is 0 Å². The fourth-order valence-corrected chi connectivity index (χ4v) is 2.41. The number of aryl methyl sites for hydroxylation is 1. The number of Topliss-reactive ketones (excluding diaryl/α,β-unsaturated/α-hetero) is 1. The maximum absolute atomic E-state index is 11.9. The van der Waals surface area contributed by atoms with Gasteiger partial charge in [-0.3, -0.25) is 9.59 Å². The molecule has 0 bridgehead atoms. The monoisotopic (exact) mass is 369 g/mol. The van der Waals surface area contributed by atoms with E-state index >= 15 is 0 Å². The van der Waals surface area contributed by atoms with Gasteiger partial charge in [0.1, 0.15) is 5.75 Å². The smallest absolute Gasteiger partial charge is 0.344 e. The van der Waals surface area contributed by atoms with E-state index in [1.165, 1.54) is 0 Å². The molecule has 0 radical (unpaired) electrons. The summed E-state index contributed by atoms with van der Waals surface area (Å²) in [7, 11) is 0. The quantitative estimate of drug-likeness (QED) is 0.541. The number of nitrogens with one attached hydrogen (secondary N) is 1. The third-order valence-electron chi connectivity index (χ3n) is 3.89. The molecule has 0 aliphatic heterocycles. The van der Waals surface area contributed by atoms with Crippen LogP contribution in [0.3, 0.4) is 0 Å². The molecule has 0 aliphatic rings. The molecule has 0 heterocycles. The van der Waals surface area contributed by atoms with E-state index in [2.05, 4.69) is 5.32 Å². The lowest BCUT2D eigenvalue weighted by Crippen LogP contribution is -2.24. The summed E-state index contributed by atoms with van der Waals surface area (Å²) < 4.78 is 10.2. The molecule has 2 rings (SSSR count). The second-order valence-corrected chi connectivity index (χ2v) is 5.81. The molecule has 0 atom stereocenters. The molecule has 0 fully saturated rings. The first kappa shape index (κ1) is 20.2. The number of carbonyl (C=O) groups excluding carboxylic acids is 3. The molecule has 0 spiro atoms. The Morgan fingerprint density at radius 3 is 2.30 bits per heavy atom. The lowest BCUT2D eigenvalue weighted by Gasteiger charge is -2.10. The van der Waals surface area contributed by atoms with Gasteiger partial charge in [0.15, 0.2) is 19.0 Å². The zero-order chi connectivity index (χ0) is 19.6. The van der Waals surface area contributed by atoms with Gasteiger partial charge in [-0.05, 0) is 42.3 Å². The van der Waals surface area contributed by atoms with Gasteiger partial charge in [-0.15, -0.1) is 0 Å². The van der Waals surface area contributed by atoms with Gasteiger partial charge in [-0.2, -0.15) is 0 Å². The van der Waals surface area contributed by atoms with Crippen LogP contribution in [0.15, 0.2) is 48.5 Å². The Morgan fingerprint density at radius 1 is 0.926 bits per heavy atom. The zero-order valence-electron chi connectivity index (χ0n) is 15.5. The fourth-order valence-electron chi connectivity index (χ4n) is 2.41. The van der Waals surface area contributed by atoms with E-state index in [0.717, 1.165) is 12.0 Å². The van der Waals surface area contributed by atoms with E-state index in [1.54, 1.807) is 37.3 Å². The number of benzene rings is 2. The van der Waals surface area contributed by atoms with E-state index in [-0.39, 0.29) is 19.0 Å². The molecule has 2 aromatic carbocycles. The second-order valence-electron chi connectivity index (χ2n) is 5.81. The minimum atomic E-state index is -0.650. The predicted octanol–water partition coefficient (Wildman–Crippen LogP) is 3.40. The molecular formula is C21H23NO5. The Kier molecular flexibility index (Phi) is 7.55. The van der Waals surface area contributed by atoms with Crippen LogP contribution in [0.5, 0.6) is 5.75 Å². The van der Waals surface area contributed by atoms with Crippen LogP contribution in [0.2, 0.25) is 0 Å². The van der Waals surface area contributed by atoms with Crippen LogP contribution < -0.4 is 10.1 Å². The molecule has 1 N–H and O–H groups in total. The summed E-state index contributed by atoms with van der Waals surface area (Å²) in [5.41, 5.74) is 2.31. The molecule has 1 amide bonds. The van der Waals surface area contributed by atoms with E-state index < -0.39 is 11.9 Å². The zero-order valence-corrected chi connectivity index (χ0v) is 15.5. The number of carbonyl (C=O) groups is 3. The normalized spacial score (nSPS) is 10.1. The third kappa shape index (κ3) is 6.26. The van der Waals surface area contributed by atoms with Gasteiger partial charge in [-0.25, -0.2) is 4.79 Å². The van der Waals surface area contributed by atoms with E-state index in [4.69, 9.17) is 9.47 Å². The Hall–Kier alpha value is -3.15. The minimum absolute atomic E-state index is 0.0385. The fraction of sp³-hybridized carbons (Fsp3) is 0.286. The number of ketones is 1. The molecule has 6 nitrogen and oxygen atoms in total. The van der Waals surface area contributed by atoms with Crippen LogP contribution in [0.25, 0.3) is 0 Å². The van der Waals surface area contributed by atoms with E-state index in [0.29, 0.717) is 23.4 Å². The number of hydrogen-bond acceptors (Lipinski definition) is 5. The average Bonchev–Trinajstić information content (AvgIpc) is 2.71. The highest BCUT2D eigenvalue weighted by Crippen LogP contribution is 2.15. The molecule has 6 heteroatoms. The summed E-state index contributed by atoms with van der Waals surface area (Å²) >= 11 is 0. The molecule has 0 saturated heterocycles. The highest BCUT2D eigenvalue weighted by Gasteiger charge is 2.10. The Morgan fingerprint density at radius 2 is 1.63 bits per heavy atom. The van der Waals surface area contributed by atoms with Gasteiger partial charge < -0.3 is 14.8 Å². The summed E-state index contributed by atoms with van der Waals surface area (Å²) in [5, 5.41) is 2.72. The number of anilines is 1. The first-order valence-electron chi connectivity index (χ1n) is 8.83. The molecular weight excluding hydrogens is 346 g/mol. The van der Waals surface area contributed by atoms with Crippen LogP contribution in [0.1, 0.15) is 36.2 Å². The molecule has 2 aromatic rings. The van der Waals surface area contributed by atoms with Crippen LogP contribution in [0, 0.1) is 0 Å². The summed E-state index contributed by atoms with van der Waals surface area (Å²) in [5.74, 6) is -0.577. The van der Waals surface area contributed by atoms with Gasteiger partial charge in [0.05, 0.1) is 0 Å². The number of para-hydroxylation sites is 1. The van der Waals surface area contributed by atoms with Gasteiger partial charge in [-0.1, -0.05) is 32.0 Å². The van der Waals surface area contributed by atoms with Crippen molar-refractivity contribution >= 4 is 23.3 Å². The van der Waals surface area contributed by atoms with E-state index in [9.17, 15) is 14.4 Å². The number of rotatable bonds is 9. The van der Waals surface area contributed by atoms with Gasteiger partial charge in [0.2, 0.25) is 0 Å². The standard InChI is InChI=1S/C21H23NO5/c1-3-15-7-5-6-8-18(15)22-20(24)13-27-21(25)14-26-17-11-9-16(10-12-17)19(23)4-2/h5-12H,3-4,13-14H2,1-2H3,(H,22,24). The molecule has 0 aromatic heterocycles. The second kappa shape index (κ2) is 10.1. The van der Waals surface area contributed by atoms with Gasteiger partial charge >= 0.3 is 5.97 Å². The number of amides is 1. The van der Waals surface area contributed by atoms with Gasteiger partial charge in [0, 0.05) is 17.7 Å². The van der Waals surface area contributed by atoms with Crippen LogP contribution in [0.4, 0.5) is 5.69 Å². The maximum atomic E-state index is 11.9. The van der Waals surface area contributed by atoms with Crippen molar-refractivity contribution in [2.45, 2.75) is 26.7 Å². The average molecular weight is 369 g/mol. The first-order valence-corrected chi connectivity index (χ1v) is 8.83. The SMILES string of the molecule is CCC(=O)c1ccc(OCC(=O)OCC(=O)Nc2ccccc2CC)cc1. The Balaban J connectivity index is 1.75. The molecule has 0 unspecified atom stereocenters. The number of esters is 1. The Bertz CT molecular complexity index is 798. The lowest BCUT2D eigenvalue weighted by molar-refractivity contribution is -0.149. The highest BCUT2D eigenvalue weighted by molar-refractivity contribution is 5.96. The van der Waals surface area contributed by atoms with Crippen molar-refractivity contribution in [3.63, 3.8) is 0 Å². The molecule has 27 heavy (non-hydrogen) atoms. The predicted molar refractivity (Wildman–Crippen MR) is 102 cm³/mol.